The van der Waals surface area contributed by atoms with Crippen molar-refractivity contribution < 1.29 is 13.9 Å². The Kier molecular flexibility index (Phi) is 6.04. The van der Waals surface area contributed by atoms with Gasteiger partial charge >= 0.3 is 0 Å². The number of carbonyl (C=O) groups is 1. The zero-order chi connectivity index (χ0) is 20.2. The number of hydrogen-bond donors (Lipinski definition) is 0. The monoisotopic (exact) mass is 441 g/mol. The fourth-order valence-electron chi connectivity index (χ4n) is 2.78. The molecule has 0 atom stereocenters. The highest BCUT2D eigenvalue weighted by Crippen LogP contribution is 2.34. The summed E-state index contributed by atoms with van der Waals surface area (Å²) in [5, 5.41) is 0.681. The van der Waals surface area contributed by atoms with Crippen molar-refractivity contribution in [2.24, 2.45) is 0 Å². The van der Waals surface area contributed by atoms with Gasteiger partial charge in [0.1, 0.15) is 22.4 Å². The van der Waals surface area contributed by atoms with E-state index in [1.54, 1.807) is 17.2 Å². The second-order valence-corrected chi connectivity index (χ2v) is 8.38. The number of amides is 1. The molecule has 1 amide bonds. The molecule has 1 aromatic heterocycles. The first-order valence-corrected chi connectivity index (χ1v) is 10.4. The molecule has 4 nitrogen and oxygen atoms in total. The highest BCUT2D eigenvalue weighted by atomic mass is 35.5. The molecule has 3 aromatic rings. The van der Waals surface area contributed by atoms with E-state index in [0.29, 0.717) is 33.2 Å². The summed E-state index contributed by atoms with van der Waals surface area (Å²) in [6, 6.07) is 18.7. The molecule has 1 aliphatic rings. The average molecular weight is 442 g/mol. The third-order valence-corrected chi connectivity index (χ3v) is 6.04. The highest BCUT2D eigenvalue weighted by Gasteiger charge is 2.32. The van der Waals surface area contributed by atoms with Gasteiger partial charge in [-0.2, -0.15) is 0 Å². The molecule has 0 saturated carbocycles. The van der Waals surface area contributed by atoms with Gasteiger partial charge in [-0.25, -0.2) is 0 Å². The van der Waals surface area contributed by atoms with Gasteiger partial charge in [-0.05, 0) is 42.0 Å². The van der Waals surface area contributed by atoms with Gasteiger partial charge in [0.25, 0.3) is 5.91 Å². The lowest BCUT2D eigenvalue weighted by atomic mass is 10.2. The Morgan fingerprint density at radius 2 is 1.90 bits per heavy atom. The third-order valence-electron chi connectivity index (χ3n) is 4.30. The molecule has 29 heavy (non-hydrogen) atoms. The fraction of sp³-hybridized carbons (Fsp3) is 0.0909. The van der Waals surface area contributed by atoms with Crippen molar-refractivity contribution in [2.45, 2.75) is 13.2 Å². The number of ether oxygens (including phenoxy) is 1. The minimum atomic E-state index is -0.115. The van der Waals surface area contributed by atoms with Crippen LogP contribution in [0.4, 0.5) is 0 Å². The Hall–Kier alpha value is -2.54. The summed E-state index contributed by atoms with van der Waals surface area (Å²) in [5.74, 6) is 1.31. The van der Waals surface area contributed by atoms with Crippen molar-refractivity contribution in [3.8, 4) is 5.75 Å². The van der Waals surface area contributed by atoms with E-state index in [1.165, 1.54) is 11.8 Å². The summed E-state index contributed by atoms with van der Waals surface area (Å²) in [6.07, 6.45) is 3.41. The van der Waals surface area contributed by atoms with Crippen LogP contribution < -0.4 is 4.74 Å². The molecule has 0 bridgehead atoms. The number of rotatable bonds is 6. The Morgan fingerprint density at radius 3 is 2.62 bits per heavy atom. The first-order chi connectivity index (χ1) is 14.1. The zero-order valence-electron chi connectivity index (χ0n) is 15.2. The van der Waals surface area contributed by atoms with Crippen LogP contribution in [-0.4, -0.2) is 15.1 Å². The minimum absolute atomic E-state index is 0.115. The molecule has 0 N–H and O–H groups in total. The Bertz CT molecular complexity index is 1060. The Morgan fingerprint density at radius 1 is 1.10 bits per heavy atom. The van der Waals surface area contributed by atoms with Gasteiger partial charge < -0.3 is 9.15 Å². The molecule has 2 heterocycles. The number of furan rings is 1. The summed E-state index contributed by atoms with van der Waals surface area (Å²) in [5.41, 5.74) is 1.83. The van der Waals surface area contributed by atoms with Crippen LogP contribution in [0.1, 0.15) is 16.9 Å². The van der Waals surface area contributed by atoms with Crippen LogP contribution in [-0.2, 0) is 17.9 Å². The molecule has 0 spiro atoms. The van der Waals surface area contributed by atoms with E-state index < -0.39 is 0 Å². The van der Waals surface area contributed by atoms with Crippen LogP contribution in [0, 0.1) is 0 Å². The largest absolute Gasteiger partial charge is 0.489 e. The van der Waals surface area contributed by atoms with Crippen molar-refractivity contribution in [2.75, 3.05) is 0 Å². The predicted octanol–water partition coefficient (Wildman–Crippen LogP) is 5.91. The lowest BCUT2D eigenvalue weighted by Gasteiger charge is -2.12. The summed E-state index contributed by atoms with van der Waals surface area (Å²) in [6.45, 7) is 0.730. The van der Waals surface area contributed by atoms with Gasteiger partial charge in [0.2, 0.25) is 0 Å². The van der Waals surface area contributed by atoms with Crippen LogP contribution in [0.25, 0.3) is 6.08 Å². The number of benzene rings is 2. The van der Waals surface area contributed by atoms with Crippen LogP contribution in [0.15, 0.2) is 76.2 Å². The summed E-state index contributed by atoms with van der Waals surface area (Å²) < 4.78 is 11.6. The van der Waals surface area contributed by atoms with Crippen LogP contribution >= 0.6 is 35.6 Å². The zero-order valence-corrected chi connectivity index (χ0v) is 17.6. The van der Waals surface area contributed by atoms with Crippen LogP contribution in [0.3, 0.4) is 0 Å². The van der Waals surface area contributed by atoms with Gasteiger partial charge in [0.05, 0.1) is 17.7 Å². The molecule has 0 unspecified atom stereocenters. The van der Waals surface area contributed by atoms with E-state index in [-0.39, 0.29) is 5.91 Å². The fourth-order valence-corrected chi connectivity index (χ4v) is 4.23. The summed E-state index contributed by atoms with van der Waals surface area (Å²) in [7, 11) is 0. The Balaban J connectivity index is 1.41. The van der Waals surface area contributed by atoms with Crippen molar-refractivity contribution >= 4 is 51.9 Å². The lowest BCUT2D eigenvalue weighted by Crippen LogP contribution is -2.27. The molecule has 4 rings (SSSR count). The maximum absolute atomic E-state index is 12.7. The molecule has 7 heteroatoms. The molecular formula is C22H16ClNO3S2. The van der Waals surface area contributed by atoms with Crippen LogP contribution in [0.5, 0.6) is 5.75 Å². The van der Waals surface area contributed by atoms with Gasteiger partial charge in [0.15, 0.2) is 0 Å². The summed E-state index contributed by atoms with van der Waals surface area (Å²) in [4.78, 5) is 14.8. The van der Waals surface area contributed by atoms with Crippen molar-refractivity contribution in [3.63, 3.8) is 0 Å². The third kappa shape index (κ3) is 4.72. The molecular weight excluding hydrogens is 426 g/mol. The number of halogens is 1. The number of carbonyl (C=O) groups excluding carboxylic acids is 1. The van der Waals surface area contributed by atoms with Gasteiger partial charge in [-0.3, -0.25) is 9.69 Å². The van der Waals surface area contributed by atoms with E-state index in [9.17, 15) is 4.79 Å². The first-order valence-electron chi connectivity index (χ1n) is 8.84. The number of hydrogen-bond acceptors (Lipinski definition) is 5. The number of thioether (sulfide) groups is 1. The second-order valence-electron chi connectivity index (χ2n) is 6.30. The highest BCUT2D eigenvalue weighted by molar-refractivity contribution is 8.26. The van der Waals surface area contributed by atoms with E-state index >= 15 is 0 Å². The quantitative estimate of drug-likeness (QED) is 0.351. The molecule has 146 valence electrons. The SMILES string of the molecule is O=C1/C(=C/c2ccc(OCc3ccccc3Cl)cc2)SC(=S)N1Cc1ccco1. The van der Waals surface area contributed by atoms with Gasteiger partial charge in [-0.1, -0.05) is 65.9 Å². The average Bonchev–Trinajstić information content (AvgIpc) is 3.33. The lowest BCUT2D eigenvalue weighted by molar-refractivity contribution is -0.122. The van der Waals surface area contributed by atoms with Crippen molar-refractivity contribution in [1.29, 1.82) is 0 Å². The standard InChI is InChI=1S/C22H16ClNO3S2/c23-19-6-2-1-4-16(19)14-27-17-9-7-15(8-10-17)12-20-21(25)24(22(28)29-20)13-18-5-3-11-26-18/h1-12H,13-14H2/b20-12-. The summed E-state index contributed by atoms with van der Waals surface area (Å²) >= 11 is 12.8. The number of nitrogens with zero attached hydrogens (tertiary/aromatic N) is 1. The molecule has 0 aliphatic carbocycles. The molecule has 1 saturated heterocycles. The Labute approximate surface area is 183 Å². The topological polar surface area (TPSA) is 42.7 Å². The van der Waals surface area contributed by atoms with E-state index in [0.717, 1.165) is 16.9 Å². The maximum atomic E-state index is 12.7. The van der Waals surface area contributed by atoms with E-state index in [1.807, 2.05) is 60.7 Å². The normalized spacial score (nSPS) is 15.3. The van der Waals surface area contributed by atoms with Crippen molar-refractivity contribution in [3.05, 3.63) is 93.7 Å². The van der Waals surface area contributed by atoms with Crippen molar-refractivity contribution in [1.82, 2.24) is 4.90 Å². The first kappa shape index (κ1) is 19.8. The van der Waals surface area contributed by atoms with Crippen LogP contribution in [0.2, 0.25) is 5.02 Å². The van der Waals surface area contributed by atoms with E-state index in [4.69, 9.17) is 33.0 Å². The predicted molar refractivity (Wildman–Crippen MR) is 120 cm³/mol. The molecule has 1 fully saturated rings. The van der Waals surface area contributed by atoms with Gasteiger partial charge in [-0.15, -0.1) is 0 Å². The second kappa shape index (κ2) is 8.86. The molecule has 2 aromatic carbocycles. The smallest absolute Gasteiger partial charge is 0.266 e. The van der Waals surface area contributed by atoms with Gasteiger partial charge in [0, 0.05) is 10.6 Å². The minimum Gasteiger partial charge on any atom is -0.489 e. The van der Waals surface area contributed by atoms with E-state index in [2.05, 4.69) is 0 Å². The molecule has 1 aliphatic heterocycles. The molecule has 0 radical (unpaired) electrons. The maximum Gasteiger partial charge on any atom is 0.266 e. The number of thiocarbonyl (C=S) groups is 1.